The fourth-order valence-electron chi connectivity index (χ4n) is 1.64. The smallest absolute Gasteiger partial charge is 0.182 e. The molecule has 1 aromatic heterocycles. The molecule has 0 bridgehead atoms. The summed E-state index contributed by atoms with van der Waals surface area (Å²) in [5, 5.41) is 7.47. The summed E-state index contributed by atoms with van der Waals surface area (Å²) in [5.41, 5.74) is 0.784. The Kier molecular flexibility index (Phi) is 4.87. The Morgan fingerprint density at radius 1 is 1.47 bits per heavy atom. The topological polar surface area (TPSA) is 46.9 Å². The van der Waals surface area contributed by atoms with Gasteiger partial charge in [0.25, 0.3) is 0 Å². The summed E-state index contributed by atoms with van der Waals surface area (Å²) >= 11 is 0. The first-order valence-corrected chi connectivity index (χ1v) is 6.24. The average Bonchev–Trinajstić information content (AvgIpc) is 2.64. The average molecular weight is 237 g/mol. The fraction of sp³-hybridized carbons (Fsp3) is 0.692. The Morgan fingerprint density at radius 2 is 2.18 bits per heavy atom. The quantitative estimate of drug-likeness (QED) is 0.772. The monoisotopic (exact) mass is 237 g/mol. The van der Waals surface area contributed by atoms with Crippen LogP contribution in [0, 0.1) is 0 Å². The van der Waals surface area contributed by atoms with Crippen molar-refractivity contribution in [2.24, 2.45) is 0 Å². The maximum atomic E-state index is 12.0. The molecule has 0 spiro atoms. The largest absolute Gasteiger partial charge is 0.312 e. The molecule has 0 radical (unpaired) electrons. The van der Waals surface area contributed by atoms with Gasteiger partial charge in [0.2, 0.25) is 0 Å². The summed E-state index contributed by atoms with van der Waals surface area (Å²) in [6.07, 6.45) is 3.20. The first-order chi connectivity index (χ1) is 7.94. The number of Topliss-reactive ketones (excluding diaryl/α,β-unsaturated/α-hetero) is 1. The molecule has 0 saturated carbocycles. The lowest BCUT2D eigenvalue weighted by Gasteiger charge is -2.20. The number of carbonyl (C=O) groups excluding carboxylic acids is 1. The van der Waals surface area contributed by atoms with E-state index in [1.54, 1.807) is 16.9 Å². The van der Waals surface area contributed by atoms with Crippen LogP contribution in [0.1, 0.15) is 51.0 Å². The lowest BCUT2D eigenvalue weighted by atomic mass is 10.1. The molecule has 1 N–H and O–H groups in total. The highest BCUT2D eigenvalue weighted by Gasteiger charge is 2.13. The first kappa shape index (κ1) is 13.9. The molecule has 1 aromatic rings. The summed E-state index contributed by atoms with van der Waals surface area (Å²) in [4.78, 5) is 12.0. The van der Waals surface area contributed by atoms with Crippen LogP contribution in [0.4, 0.5) is 0 Å². The SMILES string of the molecule is CCCn1nccc1C(=O)CCNC(C)(C)C. The Bertz CT molecular complexity index is 363. The van der Waals surface area contributed by atoms with Crippen molar-refractivity contribution in [3.63, 3.8) is 0 Å². The van der Waals surface area contributed by atoms with Crippen LogP contribution in [0.2, 0.25) is 0 Å². The van der Waals surface area contributed by atoms with Gasteiger partial charge in [-0.15, -0.1) is 0 Å². The summed E-state index contributed by atoms with van der Waals surface area (Å²) < 4.78 is 1.79. The lowest BCUT2D eigenvalue weighted by Crippen LogP contribution is -2.37. The molecule has 4 heteroatoms. The van der Waals surface area contributed by atoms with E-state index in [0.29, 0.717) is 13.0 Å². The fourth-order valence-corrected chi connectivity index (χ4v) is 1.64. The standard InChI is InChI=1S/C13H23N3O/c1-5-10-16-11(6-9-15-16)12(17)7-8-14-13(2,3)4/h6,9,14H,5,7-8,10H2,1-4H3. The van der Waals surface area contributed by atoms with E-state index in [1.807, 2.05) is 0 Å². The van der Waals surface area contributed by atoms with E-state index >= 15 is 0 Å². The van der Waals surface area contributed by atoms with Gasteiger partial charge < -0.3 is 5.32 Å². The van der Waals surface area contributed by atoms with Gasteiger partial charge in [-0.3, -0.25) is 9.48 Å². The van der Waals surface area contributed by atoms with Crippen molar-refractivity contribution in [3.05, 3.63) is 18.0 Å². The predicted octanol–water partition coefficient (Wildman–Crippen LogP) is 2.25. The lowest BCUT2D eigenvalue weighted by molar-refractivity contribution is 0.0970. The third-order valence-corrected chi connectivity index (χ3v) is 2.45. The Labute approximate surface area is 103 Å². The number of hydrogen-bond donors (Lipinski definition) is 1. The second-order valence-electron chi connectivity index (χ2n) is 5.29. The molecule has 0 saturated heterocycles. The van der Waals surface area contributed by atoms with E-state index < -0.39 is 0 Å². The highest BCUT2D eigenvalue weighted by Crippen LogP contribution is 2.05. The zero-order valence-electron chi connectivity index (χ0n) is 11.3. The van der Waals surface area contributed by atoms with Gasteiger partial charge >= 0.3 is 0 Å². The van der Waals surface area contributed by atoms with Crippen molar-refractivity contribution >= 4 is 5.78 Å². The Balaban J connectivity index is 2.49. The molecule has 0 aliphatic carbocycles. The Morgan fingerprint density at radius 3 is 2.76 bits per heavy atom. The van der Waals surface area contributed by atoms with Crippen LogP contribution in [-0.4, -0.2) is 27.6 Å². The van der Waals surface area contributed by atoms with Crippen LogP contribution < -0.4 is 5.32 Å². The number of hydrogen-bond acceptors (Lipinski definition) is 3. The van der Waals surface area contributed by atoms with Gasteiger partial charge in [0.1, 0.15) is 5.69 Å². The van der Waals surface area contributed by atoms with Crippen molar-refractivity contribution in [2.45, 2.75) is 52.6 Å². The normalized spacial score (nSPS) is 11.8. The second-order valence-corrected chi connectivity index (χ2v) is 5.29. The van der Waals surface area contributed by atoms with Crippen LogP contribution in [0.15, 0.2) is 12.3 Å². The molecule has 1 rings (SSSR count). The van der Waals surface area contributed by atoms with Crippen LogP contribution in [0.25, 0.3) is 0 Å². The van der Waals surface area contributed by atoms with E-state index in [2.05, 4.69) is 38.1 Å². The third-order valence-electron chi connectivity index (χ3n) is 2.45. The molecule has 0 amide bonds. The van der Waals surface area contributed by atoms with Crippen molar-refractivity contribution in [3.8, 4) is 0 Å². The third kappa shape index (κ3) is 4.69. The first-order valence-electron chi connectivity index (χ1n) is 6.24. The molecule has 0 aliphatic heterocycles. The van der Waals surface area contributed by atoms with E-state index in [9.17, 15) is 4.79 Å². The number of aryl methyl sites for hydroxylation is 1. The molecular weight excluding hydrogens is 214 g/mol. The molecule has 4 nitrogen and oxygen atoms in total. The summed E-state index contributed by atoms with van der Waals surface area (Å²) in [7, 11) is 0. The molecule has 0 atom stereocenters. The van der Waals surface area contributed by atoms with Gasteiger partial charge in [0.15, 0.2) is 5.78 Å². The molecule has 17 heavy (non-hydrogen) atoms. The second kappa shape index (κ2) is 5.96. The molecule has 0 unspecified atom stereocenters. The van der Waals surface area contributed by atoms with Crippen LogP contribution in [0.5, 0.6) is 0 Å². The van der Waals surface area contributed by atoms with Crippen molar-refractivity contribution in [1.82, 2.24) is 15.1 Å². The van der Waals surface area contributed by atoms with Gasteiger partial charge in [-0.2, -0.15) is 5.10 Å². The predicted molar refractivity (Wildman–Crippen MR) is 69.2 cm³/mol. The summed E-state index contributed by atoms with van der Waals surface area (Å²) in [5.74, 6) is 0.160. The molecule has 96 valence electrons. The van der Waals surface area contributed by atoms with E-state index in [-0.39, 0.29) is 11.3 Å². The summed E-state index contributed by atoms with van der Waals surface area (Å²) in [6, 6.07) is 1.80. The minimum Gasteiger partial charge on any atom is -0.312 e. The van der Waals surface area contributed by atoms with Crippen molar-refractivity contribution in [1.29, 1.82) is 0 Å². The van der Waals surface area contributed by atoms with Gasteiger partial charge in [0, 0.05) is 31.2 Å². The molecule has 0 aliphatic rings. The van der Waals surface area contributed by atoms with Crippen molar-refractivity contribution < 1.29 is 4.79 Å². The van der Waals surface area contributed by atoms with E-state index in [1.165, 1.54) is 0 Å². The minimum atomic E-state index is 0.0595. The number of nitrogens with one attached hydrogen (secondary N) is 1. The number of carbonyl (C=O) groups is 1. The van der Waals surface area contributed by atoms with Gasteiger partial charge in [0.05, 0.1) is 0 Å². The zero-order chi connectivity index (χ0) is 12.9. The maximum Gasteiger partial charge on any atom is 0.182 e. The maximum absolute atomic E-state index is 12.0. The number of nitrogens with zero attached hydrogens (tertiary/aromatic N) is 2. The highest BCUT2D eigenvalue weighted by atomic mass is 16.1. The number of ketones is 1. The van der Waals surface area contributed by atoms with Crippen LogP contribution in [0.3, 0.4) is 0 Å². The van der Waals surface area contributed by atoms with Crippen LogP contribution in [-0.2, 0) is 6.54 Å². The van der Waals surface area contributed by atoms with Gasteiger partial charge in [-0.25, -0.2) is 0 Å². The van der Waals surface area contributed by atoms with Crippen molar-refractivity contribution in [2.75, 3.05) is 6.54 Å². The summed E-state index contributed by atoms with van der Waals surface area (Å²) in [6.45, 7) is 9.88. The van der Waals surface area contributed by atoms with E-state index in [4.69, 9.17) is 0 Å². The highest BCUT2D eigenvalue weighted by molar-refractivity contribution is 5.94. The molecular formula is C13H23N3O. The molecule has 1 heterocycles. The van der Waals surface area contributed by atoms with E-state index in [0.717, 1.165) is 18.7 Å². The molecule has 0 fully saturated rings. The number of aromatic nitrogens is 2. The Hall–Kier alpha value is -1.16. The zero-order valence-corrected chi connectivity index (χ0v) is 11.3. The number of rotatable bonds is 6. The van der Waals surface area contributed by atoms with Gasteiger partial charge in [-0.1, -0.05) is 6.92 Å². The minimum absolute atomic E-state index is 0.0595. The van der Waals surface area contributed by atoms with Crippen LogP contribution >= 0.6 is 0 Å². The molecule has 0 aromatic carbocycles. The van der Waals surface area contributed by atoms with Gasteiger partial charge in [-0.05, 0) is 33.3 Å².